The highest BCUT2D eigenvalue weighted by atomic mass is 35.5. The summed E-state index contributed by atoms with van der Waals surface area (Å²) < 4.78 is 5.72. The Morgan fingerprint density at radius 3 is 3.17 bits per heavy atom. The summed E-state index contributed by atoms with van der Waals surface area (Å²) in [5, 5.41) is 3.99. The second kappa shape index (κ2) is 6.27. The molecule has 1 atom stereocenters. The first-order valence-corrected chi connectivity index (χ1v) is 6.69. The van der Waals surface area contributed by atoms with Crippen molar-refractivity contribution >= 4 is 23.0 Å². The van der Waals surface area contributed by atoms with Gasteiger partial charge >= 0.3 is 0 Å². The van der Waals surface area contributed by atoms with E-state index in [1.54, 1.807) is 6.07 Å². The van der Waals surface area contributed by atoms with Crippen LogP contribution in [-0.4, -0.2) is 43.8 Å². The van der Waals surface area contributed by atoms with Gasteiger partial charge in [0.25, 0.3) is 0 Å². The summed E-state index contributed by atoms with van der Waals surface area (Å²) in [6.07, 6.45) is 0.206. The Hall–Kier alpha value is -0.970. The third kappa shape index (κ3) is 3.51. The summed E-state index contributed by atoms with van der Waals surface area (Å²) in [6.45, 7) is 6.77. The van der Waals surface area contributed by atoms with Gasteiger partial charge in [-0.2, -0.15) is 0 Å². The molecular formula is C13H20ClN3O. The van der Waals surface area contributed by atoms with Crippen molar-refractivity contribution in [3.05, 3.63) is 23.2 Å². The van der Waals surface area contributed by atoms with Crippen LogP contribution in [0.5, 0.6) is 0 Å². The minimum Gasteiger partial charge on any atom is -0.397 e. The van der Waals surface area contributed by atoms with Crippen molar-refractivity contribution in [3.8, 4) is 0 Å². The lowest BCUT2D eigenvalue weighted by atomic mass is 10.2. The molecule has 18 heavy (non-hydrogen) atoms. The standard InChI is InChI=1S/C13H20ClN3O/c1-2-17-5-6-18-11(9-17)8-16-13-7-10(14)3-4-12(13)15/h3-4,7,11,16H,2,5-6,8-9,15H2,1H3. The molecule has 0 amide bonds. The van der Waals surface area contributed by atoms with E-state index in [0.717, 1.165) is 38.5 Å². The average Bonchev–Trinajstić information content (AvgIpc) is 2.40. The van der Waals surface area contributed by atoms with Crippen LogP contribution in [0.2, 0.25) is 5.02 Å². The number of morpholine rings is 1. The van der Waals surface area contributed by atoms with Gasteiger partial charge in [0.15, 0.2) is 0 Å². The molecule has 0 radical (unpaired) electrons. The molecule has 1 aliphatic rings. The molecule has 1 aromatic rings. The van der Waals surface area contributed by atoms with Gasteiger partial charge in [0, 0.05) is 24.7 Å². The largest absolute Gasteiger partial charge is 0.397 e. The number of ether oxygens (including phenoxy) is 1. The zero-order valence-corrected chi connectivity index (χ0v) is 11.4. The Morgan fingerprint density at radius 2 is 2.39 bits per heavy atom. The van der Waals surface area contributed by atoms with Crippen LogP contribution >= 0.6 is 11.6 Å². The van der Waals surface area contributed by atoms with Crippen LogP contribution < -0.4 is 11.1 Å². The molecule has 2 rings (SSSR count). The number of benzene rings is 1. The number of rotatable bonds is 4. The molecule has 0 saturated carbocycles. The number of hydrogen-bond donors (Lipinski definition) is 2. The van der Waals surface area contributed by atoms with Crippen molar-refractivity contribution in [2.24, 2.45) is 0 Å². The normalized spacial score (nSPS) is 20.9. The SMILES string of the molecule is CCN1CCOC(CNc2cc(Cl)ccc2N)C1. The van der Waals surface area contributed by atoms with E-state index in [0.29, 0.717) is 10.7 Å². The van der Waals surface area contributed by atoms with E-state index < -0.39 is 0 Å². The Morgan fingerprint density at radius 1 is 1.56 bits per heavy atom. The maximum absolute atomic E-state index is 5.95. The third-order valence-corrected chi connectivity index (χ3v) is 3.44. The fourth-order valence-corrected chi connectivity index (χ4v) is 2.27. The van der Waals surface area contributed by atoms with Crippen LogP contribution in [0.3, 0.4) is 0 Å². The molecule has 1 saturated heterocycles. The van der Waals surface area contributed by atoms with Gasteiger partial charge in [0.05, 0.1) is 24.1 Å². The van der Waals surface area contributed by atoms with Gasteiger partial charge in [-0.1, -0.05) is 18.5 Å². The Bertz CT molecular complexity index is 400. The quantitative estimate of drug-likeness (QED) is 0.822. The fourth-order valence-electron chi connectivity index (χ4n) is 2.10. The molecule has 0 spiro atoms. The number of nitrogens with one attached hydrogen (secondary N) is 1. The highest BCUT2D eigenvalue weighted by molar-refractivity contribution is 6.31. The molecule has 1 heterocycles. The lowest BCUT2D eigenvalue weighted by Gasteiger charge is -2.32. The zero-order valence-electron chi connectivity index (χ0n) is 10.7. The summed E-state index contributed by atoms with van der Waals surface area (Å²) in [5.41, 5.74) is 7.47. The number of nitrogens with two attached hydrogens (primary N) is 1. The van der Waals surface area contributed by atoms with Crippen LogP contribution in [0.4, 0.5) is 11.4 Å². The Kier molecular flexibility index (Phi) is 4.69. The minimum atomic E-state index is 0.206. The summed E-state index contributed by atoms with van der Waals surface area (Å²) in [7, 11) is 0. The van der Waals surface area contributed by atoms with Gasteiger partial charge in [-0.3, -0.25) is 4.90 Å². The lowest BCUT2D eigenvalue weighted by molar-refractivity contribution is -0.0191. The van der Waals surface area contributed by atoms with Crippen LogP contribution in [0.1, 0.15) is 6.92 Å². The predicted molar refractivity (Wildman–Crippen MR) is 76.2 cm³/mol. The minimum absolute atomic E-state index is 0.206. The molecule has 1 aromatic carbocycles. The number of likely N-dealkylation sites (N-methyl/N-ethyl adjacent to an activating group) is 1. The molecule has 0 bridgehead atoms. The maximum atomic E-state index is 5.95. The van der Waals surface area contributed by atoms with Crippen molar-refractivity contribution in [2.45, 2.75) is 13.0 Å². The second-order valence-electron chi connectivity index (χ2n) is 4.50. The smallest absolute Gasteiger partial charge is 0.0874 e. The number of hydrogen-bond acceptors (Lipinski definition) is 4. The number of anilines is 2. The molecular weight excluding hydrogens is 250 g/mol. The Labute approximate surface area is 113 Å². The van der Waals surface area contributed by atoms with Crippen LogP contribution in [0.15, 0.2) is 18.2 Å². The first-order valence-electron chi connectivity index (χ1n) is 6.32. The zero-order chi connectivity index (χ0) is 13.0. The maximum Gasteiger partial charge on any atom is 0.0874 e. The average molecular weight is 270 g/mol. The summed E-state index contributed by atoms with van der Waals surface area (Å²) in [5.74, 6) is 0. The van der Waals surface area contributed by atoms with E-state index in [1.807, 2.05) is 12.1 Å². The van der Waals surface area contributed by atoms with Gasteiger partial charge in [0.1, 0.15) is 0 Å². The van der Waals surface area contributed by atoms with E-state index in [1.165, 1.54) is 0 Å². The van der Waals surface area contributed by atoms with E-state index in [2.05, 4.69) is 17.1 Å². The van der Waals surface area contributed by atoms with Gasteiger partial charge in [-0.25, -0.2) is 0 Å². The van der Waals surface area contributed by atoms with Gasteiger partial charge in [-0.05, 0) is 24.7 Å². The van der Waals surface area contributed by atoms with Gasteiger partial charge in [0.2, 0.25) is 0 Å². The van der Waals surface area contributed by atoms with Crippen LogP contribution in [0, 0.1) is 0 Å². The number of nitrogen functional groups attached to an aromatic ring is 1. The van der Waals surface area contributed by atoms with Crippen LogP contribution in [-0.2, 0) is 4.74 Å². The van der Waals surface area contributed by atoms with Crippen molar-refractivity contribution < 1.29 is 4.74 Å². The van der Waals surface area contributed by atoms with E-state index in [-0.39, 0.29) is 6.10 Å². The van der Waals surface area contributed by atoms with Gasteiger partial charge in [-0.15, -0.1) is 0 Å². The fraction of sp³-hybridized carbons (Fsp3) is 0.538. The molecule has 5 heteroatoms. The molecule has 3 N–H and O–H groups in total. The Balaban J connectivity index is 1.89. The van der Waals surface area contributed by atoms with E-state index in [4.69, 9.17) is 22.1 Å². The molecule has 1 aliphatic heterocycles. The van der Waals surface area contributed by atoms with Crippen molar-refractivity contribution in [3.63, 3.8) is 0 Å². The third-order valence-electron chi connectivity index (χ3n) is 3.21. The van der Waals surface area contributed by atoms with Crippen molar-refractivity contribution in [1.29, 1.82) is 0 Å². The molecule has 0 aromatic heterocycles. The monoisotopic (exact) mass is 269 g/mol. The van der Waals surface area contributed by atoms with Crippen LogP contribution in [0.25, 0.3) is 0 Å². The topological polar surface area (TPSA) is 50.5 Å². The number of nitrogens with zero attached hydrogens (tertiary/aromatic N) is 1. The molecule has 1 unspecified atom stereocenters. The van der Waals surface area contributed by atoms with E-state index >= 15 is 0 Å². The van der Waals surface area contributed by atoms with E-state index in [9.17, 15) is 0 Å². The first-order chi connectivity index (χ1) is 8.69. The molecule has 0 aliphatic carbocycles. The predicted octanol–water partition coefficient (Wildman–Crippen LogP) is 2.05. The summed E-state index contributed by atoms with van der Waals surface area (Å²) in [4.78, 5) is 2.39. The molecule has 100 valence electrons. The summed E-state index contributed by atoms with van der Waals surface area (Å²) >= 11 is 5.95. The van der Waals surface area contributed by atoms with Gasteiger partial charge < -0.3 is 15.8 Å². The number of halogens is 1. The lowest BCUT2D eigenvalue weighted by Crippen LogP contribution is -2.45. The van der Waals surface area contributed by atoms with Crippen molar-refractivity contribution in [2.75, 3.05) is 43.8 Å². The highest BCUT2D eigenvalue weighted by Crippen LogP contribution is 2.23. The molecule has 1 fully saturated rings. The second-order valence-corrected chi connectivity index (χ2v) is 4.93. The highest BCUT2D eigenvalue weighted by Gasteiger charge is 2.19. The summed E-state index contributed by atoms with van der Waals surface area (Å²) in [6, 6.07) is 5.44. The van der Waals surface area contributed by atoms with Crippen molar-refractivity contribution in [1.82, 2.24) is 4.90 Å². The first kappa shape index (κ1) is 13.5. The molecule has 4 nitrogen and oxygen atoms in total.